The molecule has 3 rings (SSSR count). The van der Waals surface area contributed by atoms with Crippen LogP contribution in [0.15, 0.2) is 48.5 Å². The number of carbonyl (C=O) groups is 1. The second-order valence-electron chi connectivity index (χ2n) is 9.17. The molecule has 0 aliphatic carbocycles. The summed E-state index contributed by atoms with van der Waals surface area (Å²) in [4.78, 5) is 14.6. The minimum absolute atomic E-state index is 0.116. The van der Waals surface area contributed by atoms with Gasteiger partial charge in [-0.25, -0.2) is 0 Å². The maximum absolute atomic E-state index is 12.3. The molecule has 0 radical (unpaired) electrons. The van der Waals surface area contributed by atoms with Crippen molar-refractivity contribution < 1.29 is 4.79 Å². The molecule has 0 spiro atoms. The average Bonchev–Trinajstić information content (AvgIpc) is 2.81. The van der Waals surface area contributed by atoms with Crippen molar-refractivity contribution in [1.82, 2.24) is 0 Å². The highest BCUT2D eigenvalue weighted by Gasteiger charge is 2.33. The Hall–Kier alpha value is -2.55. The second kappa shape index (κ2) is 6.88. The molecule has 0 atom stereocenters. The normalized spacial score (nSPS) is 15.9. The molecule has 27 heavy (non-hydrogen) atoms. The monoisotopic (exact) mass is 362 g/mol. The van der Waals surface area contributed by atoms with Crippen LogP contribution in [0.5, 0.6) is 0 Å². The highest BCUT2D eigenvalue weighted by Crippen LogP contribution is 2.40. The number of rotatable bonds is 3. The van der Waals surface area contributed by atoms with Crippen LogP contribution in [0, 0.1) is 0 Å². The Labute approximate surface area is 163 Å². The lowest BCUT2D eigenvalue weighted by atomic mass is 9.87. The number of nitrogens with one attached hydrogen (secondary N) is 1. The summed E-state index contributed by atoms with van der Waals surface area (Å²) in [6.45, 7) is 12.1. The van der Waals surface area contributed by atoms with Gasteiger partial charge in [0.2, 0.25) is 5.91 Å². The Kier molecular flexibility index (Phi) is 4.90. The quantitative estimate of drug-likeness (QED) is 0.745. The molecule has 0 fully saturated rings. The predicted octanol–water partition coefficient (Wildman–Crippen LogP) is 5.36. The third kappa shape index (κ3) is 4.24. The summed E-state index contributed by atoms with van der Waals surface area (Å²) in [5, 5.41) is 2.97. The topological polar surface area (TPSA) is 32.3 Å². The van der Waals surface area contributed by atoms with Gasteiger partial charge in [0.25, 0.3) is 0 Å². The molecule has 0 aromatic heterocycles. The Morgan fingerprint density at radius 3 is 2.41 bits per heavy atom. The van der Waals surface area contributed by atoms with Crippen LogP contribution in [0.3, 0.4) is 0 Å². The SMILES string of the molecule is CN1CC(C)(C)c2ccc(NC(=O)C=Cc3ccc(C(C)(C)C)cc3)cc21. The maximum Gasteiger partial charge on any atom is 0.248 e. The molecule has 1 aliphatic rings. The Morgan fingerprint density at radius 2 is 1.78 bits per heavy atom. The van der Waals surface area contributed by atoms with Gasteiger partial charge < -0.3 is 10.2 Å². The molecule has 2 aromatic rings. The summed E-state index contributed by atoms with van der Waals surface area (Å²) in [5.74, 6) is -0.116. The van der Waals surface area contributed by atoms with Gasteiger partial charge in [0.15, 0.2) is 0 Å². The minimum Gasteiger partial charge on any atom is -0.373 e. The smallest absolute Gasteiger partial charge is 0.248 e. The Balaban J connectivity index is 1.68. The van der Waals surface area contributed by atoms with Crippen LogP contribution in [0.4, 0.5) is 11.4 Å². The van der Waals surface area contributed by atoms with Gasteiger partial charge in [-0.2, -0.15) is 0 Å². The maximum atomic E-state index is 12.3. The number of amides is 1. The van der Waals surface area contributed by atoms with E-state index >= 15 is 0 Å². The van der Waals surface area contributed by atoms with E-state index < -0.39 is 0 Å². The lowest BCUT2D eigenvalue weighted by molar-refractivity contribution is -0.111. The molecule has 2 aromatic carbocycles. The highest BCUT2D eigenvalue weighted by molar-refractivity contribution is 6.02. The zero-order valence-electron chi connectivity index (χ0n) is 17.3. The number of likely N-dealkylation sites (N-methyl/N-ethyl adjacent to an activating group) is 1. The van der Waals surface area contributed by atoms with E-state index in [-0.39, 0.29) is 16.7 Å². The largest absolute Gasteiger partial charge is 0.373 e. The van der Waals surface area contributed by atoms with Crippen molar-refractivity contribution in [3.63, 3.8) is 0 Å². The van der Waals surface area contributed by atoms with E-state index in [1.807, 2.05) is 12.1 Å². The van der Waals surface area contributed by atoms with Crippen molar-refractivity contribution >= 4 is 23.4 Å². The molecule has 0 unspecified atom stereocenters. The van der Waals surface area contributed by atoms with Crippen molar-refractivity contribution in [2.45, 2.75) is 45.4 Å². The van der Waals surface area contributed by atoms with Gasteiger partial charge in [-0.15, -0.1) is 0 Å². The van der Waals surface area contributed by atoms with E-state index in [0.29, 0.717) is 0 Å². The summed E-state index contributed by atoms with van der Waals surface area (Å²) in [6, 6.07) is 14.5. The van der Waals surface area contributed by atoms with E-state index in [4.69, 9.17) is 0 Å². The number of benzene rings is 2. The van der Waals surface area contributed by atoms with Crippen molar-refractivity contribution in [2.75, 3.05) is 23.8 Å². The molecule has 3 nitrogen and oxygen atoms in total. The van der Waals surface area contributed by atoms with E-state index in [1.165, 1.54) is 16.8 Å². The number of nitrogens with zero attached hydrogens (tertiary/aromatic N) is 1. The molecule has 1 N–H and O–H groups in total. The number of fused-ring (bicyclic) bond motifs is 1. The van der Waals surface area contributed by atoms with Crippen LogP contribution < -0.4 is 10.2 Å². The number of hydrogen-bond donors (Lipinski definition) is 1. The Morgan fingerprint density at radius 1 is 1.11 bits per heavy atom. The van der Waals surface area contributed by atoms with Crippen LogP contribution >= 0.6 is 0 Å². The molecule has 1 amide bonds. The van der Waals surface area contributed by atoms with Crippen LogP contribution in [-0.4, -0.2) is 19.5 Å². The van der Waals surface area contributed by atoms with Crippen molar-refractivity contribution in [2.24, 2.45) is 0 Å². The molecule has 1 aliphatic heterocycles. The fourth-order valence-electron chi connectivity index (χ4n) is 3.71. The zero-order valence-corrected chi connectivity index (χ0v) is 17.3. The summed E-state index contributed by atoms with van der Waals surface area (Å²) in [6.07, 6.45) is 3.44. The van der Waals surface area contributed by atoms with Crippen LogP contribution in [-0.2, 0) is 15.6 Å². The van der Waals surface area contributed by atoms with Gasteiger partial charge in [0.05, 0.1) is 0 Å². The first-order chi connectivity index (χ1) is 12.6. The first-order valence-corrected chi connectivity index (χ1v) is 9.51. The van der Waals surface area contributed by atoms with E-state index in [2.05, 4.69) is 88.3 Å². The predicted molar refractivity (Wildman–Crippen MR) is 116 cm³/mol. The van der Waals surface area contributed by atoms with E-state index in [9.17, 15) is 4.79 Å². The fraction of sp³-hybridized carbons (Fsp3) is 0.375. The number of anilines is 2. The Bertz CT molecular complexity index is 870. The van der Waals surface area contributed by atoms with Gasteiger partial charge in [-0.05, 0) is 40.3 Å². The lowest BCUT2D eigenvalue weighted by Crippen LogP contribution is -2.24. The average molecular weight is 363 g/mol. The van der Waals surface area contributed by atoms with Crippen LogP contribution in [0.25, 0.3) is 6.08 Å². The molecule has 3 heteroatoms. The van der Waals surface area contributed by atoms with Crippen molar-refractivity contribution in [3.05, 3.63) is 65.2 Å². The minimum atomic E-state index is -0.116. The molecular formula is C24H30N2O. The molecule has 0 saturated heterocycles. The van der Waals surface area contributed by atoms with Gasteiger partial charge in [-0.3, -0.25) is 4.79 Å². The summed E-state index contributed by atoms with van der Waals surface area (Å²) in [7, 11) is 2.10. The number of carbonyl (C=O) groups excluding carboxylic acids is 1. The first kappa shape index (κ1) is 19.2. The zero-order chi connectivity index (χ0) is 19.8. The summed E-state index contributed by atoms with van der Waals surface area (Å²) >= 11 is 0. The number of hydrogen-bond acceptors (Lipinski definition) is 2. The molecule has 1 heterocycles. The second-order valence-corrected chi connectivity index (χ2v) is 9.17. The van der Waals surface area contributed by atoms with Crippen LogP contribution in [0.1, 0.15) is 51.3 Å². The van der Waals surface area contributed by atoms with Crippen LogP contribution in [0.2, 0.25) is 0 Å². The standard InChI is InChI=1S/C24H30N2O/c1-23(2,3)18-10-7-17(8-11-18)9-14-22(27)25-19-12-13-20-21(15-19)26(6)16-24(20,4)5/h7-15H,16H2,1-6H3,(H,25,27). The van der Waals surface area contributed by atoms with E-state index in [0.717, 1.165) is 17.8 Å². The van der Waals surface area contributed by atoms with Crippen molar-refractivity contribution in [1.29, 1.82) is 0 Å². The fourth-order valence-corrected chi connectivity index (χ4v) is 3.71. The lowest BCUT2D eigenvalue weighted by Gasteiger charge is -2.18. The summed E-state index contributed by atoms with van der Waals surface area (Å²) in [5.41, 5.74) is 5.94. The molecule has 142 valence electrons. The van der Waals surface area contributed by atoms with Gasteiger partial charge >= 0.3 is 0 Å². The highest BCUT2D eigenvalue weighted by atomic mass is 16.1. The van der Waals surface area contributed by atoms with Gasteiger partial charge in [-0.1, -0.05) is 65.0 Å². The third-order valence-corrected chi connectivity index (χ3v) is 5.24. The molecule has 0 bridgehead atoms. The van der Waals surface area contributed by atoms with E-state index in [1.54, 1.807) is 6.08 Å². The summed E-state index contributed by atoms with van der Waals surface area (Å²) < 4.78 is 0. The van der Waals surface area contributed by atoms with Gasteiger partial charge in [0.1, 0.15) is 0 Å². The molecular weight excluding hydrogens is 332 g/mol. The van der Waals surface area contributed by atoms with Crippen molar-refractivity contribution in [3.8, 4) is 0 Å². The third-order valence-electron chi connectivity index (χ3n) is 5.24. The van der Waals surface area contributed by atoms with Gasteiger partial charge in [0, 0.05) is 36.5 Å². The first-order valence-electron chi connectivity index (χ1n) is 9.51. The molecule has 0 saturated carbocycles.